The van der Waals surface area contributed by atoms with Crippen molar-refractivity contribution >= 4 is 16.8 Å². The lowest BCUT2D eigenvalue weighted by Crippen LogP contribution is -2.43. The molecule has 1 N–H and O–H groups in total. The number of aryl methyl sites for hydroxylation is 1. The van der Waals surface area contributed by atoms with Gasteiger partial charge in [-0.2, -0.15) is 0 Å². The molecular formula is C22H29N3O2. The fraction of sp³-hybridized carbons (Fsp3) is 0.591. The first kappa shape index (κ1) is 18.2. The summed E-state index contributed by atoms with van der Waals surface area (Å²) in [6.07, 6.45) is 7.50. The van der Waals surface area contributed by atoms with Gasteiger partial charge in [0, 0.05) is 24.6 Å². The van der Waals surface area contributed by atoms with Crippen LogP contribution in [0.1, 0.15) is 68.6 Å². The summed E-state index contributed by atoms with van der Waals surface area (Å²) in [6, 6.07) is 5.54. The molecule has 0 spiro atoms. The van der Waals surface area contributed by atoms with Crippen LogP contribution in [0.25, 0.3) is 10.9 Å². The third-order valence-corrected chi connectivity index (χ3v) is 6.60. The highest BCUT2D eigenvalue weighted by Crippen LogP contribution is 2.29. The Labute approximate surface area is 160 Å². The number of benzene rings is 1. The van der Waals surface area contributed by atoms with Crippen LogP contribution in [0.2, 0.25) is 0 Å². The molecule has 144 valence electrons. The van der Waals surface area contributed by atoms with Crippen molar-refractivity contribution in [1.29, 1.82) is 0 Å². The van der Waals surface area contributed by atoms with Crippen LogP contribution in [0, 0.1) is 11.8 Å². The average molecular weight is 367 g/mol. The van der Waals surface area contributed by atoms with Crippen molar-refractivity contribution in [3.63, 3.8) is 0 Å². The Kier molecular flexibility index (Phi) is 5.02. The van der Waals surface area contributed by atoms with Gasteiger partial charge in [-0.25, -0.2) is 4.98 Å². The summed E-state index contributed by atoms with van der Waals surface area (Å²) < 4.78 is 1.82. The third kappa shape index (κ3) is 3.52. The predicted octanol–water partition coefficient (Wildman–Crippen LogP) is 3.68. The summed E-state index contributed by atoms with van der Waals surface area (Å²) in [5.41, 5.74) is 1.27. The maximum atomic E-state index is 12.8. The van der Waals surface area contributed by atoms with E-state index in [2.05, 4.69) is 19.2 Å². The van der Waals surface area contributed by atoms with E-state index in [0.717, 1.165) is 44.5 Å². The maximum Gasteiger partial charge on any atom is 0.261 e. The molecule has 2 aliphatic rings. The first-order chi connectivity index (χ1) is 13.0. The monoisotopic (exact) mass is 367 g/mol. The van der Waals surface area contributed by atoms with Crippen LogP contribution in [0.15, 0.2) is 23.0 Å². The Morgan fingerprint density at radius 3 is 2.85 bits per heavy atom. The average Bonchev–Trinajstić information content (AvgIpc) is 2.91. The van der Waals surface area contributed by atoms with E-state index in [9.17, 15) is 9.59 Å². The lowest BCUT2D eigenvalue weighted by molar-refractivity contribution is 0.0891. The Balaban J connectivity index is 1.63. The van der Waals surface area contributed by atoms with Gasteiger partial charge in [-0.3, -0.25) is 14.2 Å². The number of hydrogen-bond acceptors (Lipinski definition) is 3. The number of nitrogens with one attached hydrogen (secondary N) is 1. The van der Waals surface area contributed by atoms with E-state index in [0.29, 0.717) is 28.3 Å². The molecule has 5 nitrogen and oxygen atoms in total. The molecule has 1 aliphatic carbocycles. The van der Waals surface area contributed by atoms with Crippen LogP contribution in [-0.4, -0.2) is 21.5 Å². The fourth-order valence-electron chi connectivity index (χ4n) is 4.60. The first-order valence-electron chi connectivity index (χ1n) is 10.4. The van der Waals surface area contributed by atoms with Crippen LogP contribution < -0.4 is 10.9 Å². The Morgan fingerprint density at radius 2 is 2.00 bits per heavy atom. The molecule has 0 unspecified atom stereocenters. The number of rotatable bonds is 2. The van der Waals surface area contributed by atoms with Crippen molar-refractivity contribution in [3.8, 4) is 0 Å². The second-order valence-electron chi connectivity index (χ2n) is 8.37. The smallest absolute Gasteiger partial charge is 0.261 e. The molecule has 3 atom stereocenters. The topological polar surface area (TPSA) is 64.0 Å². The van der Waals surface area contributed by atoms with Gasteiger partial charge in [-0.15, -0.1) is 0 Å². The van der Waals surface area contributed by atoms with Gasteiger partial charge >= 0.3 is 0 Å². The Bertz CT molecular complexity index is 918. The van der Waals surface area contributed by atoms with Gasteiger partial charge in [0.25, 0.3) is 11.5 Å². The van der Waals surface area contributed by atoms with E-state index in [1.54, 1.807) is 18.2 Å². The molecule has 27 heavy (non-hydrogen) atoms. The van der Waals surface area contributed by atoms with Gasteiger partial charge in [-0.05, 0) is 49.3 Å². The number of hydrogen-bond donors (Lipinski definition) is 1. The summed E-state index contributed by atoms with van der Waals surface area (Å²) in [6.45, 7) is 5.24. The van der Waals surface area contributed by atoms with Gasteiger partial charge in [0.05, 0.1) is 10.9 Å². The number of fused-ring (bicyclic) bond motifs is 2. The highest BCUT2D eigenvalue weighted by molar-refractivity contribution is 5.97. The van der Waals surface area contributed by atoms with E-state index in [4.69, 9.17) is 4.98 Å². The zero-order valence-corrected chi connectivity index (χ0v) is 16.3. The Morgan fingerprint density at radius 1 is 1.15 bits per heavy atom. The van der Waals surface area contributed by atoms with Crippen LogP contribution in [0.3, 0.4) is 0 Å². The van der Waals surface area contributed by atoms with Crippen molar-refractivity contribution in [3.05, 3.63) is 39.9 Å². The molecule has 1 aliphatic heterocycles. The normalized spacial score (nSPS) is 25.6. The van der Waals surface area contributed by atoms with Crippen LogP contribution >= 0.6 is 0 Å². The summed E-state index contributed by atoms with van der Waals surface area (Å²) >= 11 is 0. The summed E-state index contributed by atoms with van der Waals surface area (Å²) in [4.78, 5) is 30.4. The zero-order valence-electron chi connectivity index (χ0n) is 16.3. The van der Waals surface area contributed by atoms with Crippen molar-refractivity contribution < 1.29 is 4.79 Å². The van der Waals surface area contributed by atoms with E-state index >= 15 is 0 Å². The molecule has 0 radical (unpaired) electrons. The minimum absolute atomic E-state index is 0.0265. The van der Waals surface area contributed by atoms with Crippen molar-refractivity contribution in [2.45, 2.75) is 71.4 Å². The van der Waals surface area contributed by atoms with E-state index < -0.39 is 0 Å². The lowest BCUT2D eigenvalue weighted by Gasteiger charge is -2.34. The second-order valence-corrected chi connectivity index (χ2v) is 8.37. The summed E-state index contributed by atoms with van der Waals surface area (Å²) in [5.74, 6) is 1.93. The predicted molar refractivity (Wildman–Crippen MR) is 107 cm³/mol. The largest absolute Gasteiger partial charge is 0.349 e. The minimum atomic E-state index is -0.0558. The number of amides is 1. The lowest BCUT2D eigenvalue weighted by atomic mass is 9.78. The molecule has 1 aromatic heterocycles. The zero-order chi connectivity index (χ0) is 19.0. The summed E-state index contributed by atoms with van der Waals surface area (Å²) in [5, 5.41) is 3.83. The molecule has 0 bridgehead atoms. The van der Waals surface area contributed by atoms with Gasteiger partial charge in [0.15, 0.2) is 0 Å². The standard InChI is InChI=1S/C22H29N3O2/c1-14-7-6-8-18(15(14)2)24-21(26)16-10-11-17-19(13-16)23-20-9-4-3-5-12-25(20)22(17)27/h10-11,13-15,18H,3-9,12H2,1-2H3,(H,24,26)/t14-,15+,18-/m1/s1. The van der Waals surface area contributed by atoms with Gasteiger partial charge < -0.3 is 5.32 Å². The highest BCUT2D eigenvalue weighted by atomic mass is 16.1. The molecule has 4 rings (SSSR count). The van der Waals surface area contributed by atoms with Gasteiger partial charge in [-0.1, -0.05) is 33.1 Å². The number of carbonyl (C=O) groups is 1. The molecule has 1 amide bonds. The number of aromatic nitrogens is 2. The van der Waals surface area contributed by atoms with E-state index in [-0.39, 0.29) is 17.5 Å². The molecule has 1 saturated carbocycles. The van der Waals surface area contributed by atoms with Crippen LogP contribution in [-0.2, 0) is 13.0 Å². The third-order valence-electron chi connectivity index (χ3n) is 6.60. The summed E-state index contributed by atoms with van der Waals surface area (Å²) in [7, 11) is 0. The van der Waals surface area contributed by atoms with Crippen molar-refractivity contribution in [1.82, 2.24) is 14.9 Å². The van der Waals surface area contributed by atoms with Crippen molar-refractivity contribution in [2.24, 2.45) is 11.8 Å². The molecule has 1 aromatic carbocycles. The van der Waals surface area contributed by atoms with Crippen molar-refractivity contribution in [2.75, 3.05) is 0 Å². The quantitative estimate of drug-likeness (QED) is 0.881. The Hall–Kier alpha value is -2.17. The van der Waals surface area contributed by atoms with Crippen LogP contribution in [0.4, 0.5) is 0 Å². The molecule has 2 aromatic rings. The minimum Gasteiger partial charge on any atom is -0.349 e. The van der Waals surface area contributed by atoms with Crippen LogP contribution in [0.5, 0.6) is 0 Å². The first-order valence-corrected chi connectivity index (χ1v) is 10.4. The SMILES string of the molecule is C[C@H]1[C@H](C)CCC[C@H]1NC(=O)c1ccc2c(=O)n3c(nc2c1)CCCCC3. The molecule has 2 heterocycles. The van der Waals surface area contributed by atoms with Gasteiger partial charge in [0.1, 0.15) is 5.82 Å². The molecule has 5 heteroatoms. The van der Waals surface area contributed by atoms with E-state index in [1.807, 2.05) is 4.57 Å². The van der Waals surface area contributed by atoms with Gasteiger partial charge in [0.2, 0.25) is 0 Å². The molecule has 1 fully saturated rings. The highest BCUT2D eigenvalue weighted by Gasteiger charge is 2.28. The molecule has 0 saturated heterocycles. The van der Waals surface area contributed by atoms with E-state index in [1.165, 1.54) is 12.8 Å². The maximum absolute atomic E-state index is 12.8. The number of nitrogens with zero attached hydrogens (tertiary/aromatic N) is 2. The molecular weight excluding hydrogens is 338 g/mol. The number of carbonyl (C=O) groups excluding carboxylic acids is 1. The second kappa shape index (κ2) is 7.45. The fourth-order valence-corrected chi connectivity index (χ4v) is 4.60.